The van der Waals surface area contributed by atoms with Crippen molar-refractivity contribution in [3.05, 3.63) is 35.5 Å². The number of carbonyl (C=O) groups excluding carboxylic acids is 1. The molecule has 2 N–H and O–H groups in total. The van der Waals surface area contributed by atoms with Crippen LogP contribution in [0.5, 0.6) is 11.5 Å². The molecule has 1 atom stereocenters. The van der Waals surface area contributed by atoms with Gasteiger partial charge in [-0.1, -0.05) is 11.2 Å². The molecule has 0 fully saturated rings. The molecule has 0 aliphatic heterocycles. The number of hydrogen-bond acceptors (Lipinski definition) is 7. The number of aromatic nitrogens is 2. The Balaban J connectivity index is 2.00. The van der Waals surface area contributed by atoms with E-state index in [2.05, 4.69) is 15.5 Å². The highest BCUT2D eigenvalue weighted by Gasteiger charge is 2.20. The molecule has 1 unspecified atom stereocenters. The second-order valence-electron chi connectivity index (χ2n) is 5.92. The fourth-order valence-corrected chi connectivity index (χ4v) is 2.60. The molecule has 1 aromatic heterocycles. The number of hydrogen-bond donors (Lipinski definition) is 2. The second-order valence-corrected chi connectivity index (χ2v) is 5.92. The van der Waals surface area contributed by atoms with E-state index in [0.29, 0.717) is 41.6 Å². The first-order chi connectivity index (χ1) is 12.9. The molecule has 146 valence electrons. The Bertz CT molecular complexity index is 789. The Morgan fingerprint density at radius 3 is 2.59 bits per heavy atom. The van der Waals surface area contributed by atoms with Crippen molar-refractivity contribution >= 4 is 11.9 Å². The molecule has 0 radical (unpaired) electrons. The average Bonchev–Trinajstić information content (AvgIpc) is 3.05. The highest BCUT2D eigenvalue weighted by atomic mass is 16.5. The van der Waals surface area contributed by atoms with Gasteiger partial charge in [-0.25, -0.2) is 0 Å². The van der Waals surface area contributed by atoms with E-state index in [1.807, 2.05) is 0 Å². The Morgan fingerprint density at radius 1 is 1.26 bits per heavy atom. The van der Waals surface area contributed by atoms with Crippen LogP contribution >= 0.6 is 0 Å². The Kier molecular flexibility index (Phi) is 7.16. The van der Waals surface area contributed by atoms with Crippen LogP contribution < -0.4 is 14.8 Å². The van der Waals surface area contributed by atoms with Crippen LogP contribution in [0.2, 0.25) is 0 Å². The molecule has 1 aromatic carbocycles. The Morgan fingerprint density at radius 2 is 2.00 bits per heavy atom. The van der Waals surface area contributed by atoms with E-state index in [9.17, 15) is 14.7 Å². The number of carboxylic acids is 1. The van der Waals surface area contributed by atoms with Gasteiger partial charge in [-0.3, -0.25) is 9.59 Å². The number of amides is 1. The van der Waals surface area contributed by atoms with Crippen molar-refractivity contribution in [3.8, 4) is 11.5 Å². The van der Waals surface area contributed by atoms with Gasteiger partial charge in [-0.05, 0) is 31.0 Å². The third-order valence-electron chi connectivity index (χ3n) is 3.89. The number of aryl methyl sites for hydroxylation is 2. The lowest BCUT2D eigenvalue weighted by Crippen LogP contribution is -2.30. The van der Waals surface area contributed by atoms with Gasteiger partial charge in [0.15, 0.2) is 17.3 Å². The van der Waals surface area contributed by atoms with E-state index in [0.717, 1.165) is 0 Å². The minimum atomic E-state index is -1.02. The molecule has 0 saturated carbocycles. The van der Waals surface area contributed by atoms with Crippen molar-refractivity contribution in [2.24, 2.45) is 0 Å². The lowest BCUT2D eigenvalue weighted by molar-refractivity contribution is -0.137. The molecule has 27 heavy (non-hydrogen) atoms. The van der Waals surface area contributed by atoms with Crippen molar-refractivity contribution in [1.82, 2.24) is 15.5 Å². The fourth-order valence-electron chi connectivity index (χ4n) is 2.60. The Labute approximate surface area is 156 Å². The van der Waals surface area contributed by atoms with Gasteiger partial charge in [0.25, 0.3) is 0 Å². The molecule has 9 heteroatoms. The SMILES string of the molecule is COc1ccc(C(CC(=O)O)NC(=O)CCCc2nc(C)no2)cc1OC. The maximum atomic E-state index is 12.3. The summed E-state index contributed by atoms with van der Waals surface area (Å²) in [6.07, 6.45) is 0.961. The van der Waals surface area contributed by atoms with E-state index in [4.69, 9.17) is 14.0 Å². The van der Waals surface area contributed by atoms with Crippen molar-refractivity contribution < 1.29 is 28.7 Å². The van der Waals surface area contributed by atoms with Gasteiger partial charge in [0.05, 0.1) is 26.7 Å². The first-order valence-corrected chi connectivity index (χ1v) is 8.45. The van der Waals surface area contributed by atoms with Crippen molar-refractivity contribution in [3.63, 3.8) is 0 Å². The molecule has 0 spiro atoms. The zero-order chi connectivity index (χ0) is 19.8. The third kappa shape index (κ3) is 5.98. The molecule has 2 aromatic rings. The number of ether oxygens (including phenoxy) is 2. The molecule has 0 bridgehead atoms. The Hall–Kier alpha value is -3.10. The first-order valence-electron chi connectivity index (χ1n) is 8.45. The van der Waals surface area contributed by atoms with E-state index in [-0.39, 0.29) is 18.7 Å². The highest BCUT2D eigenvalue weighted by Crippen LogP contribution is 2.31. The normalized spacial score (nSPS) is 11.7. The number of nitrogens with zero attached hydrogens (tertiary/aromatic N) is 2. The largest absolute Gasteiger partial charge is 0.493 e. The number of carbonyl (C=O) groups is 2. The zero-order valence-electron chi connectivity index (χ0n) is 15.5. The van der Waals surface area contributed by atoms with E-state index in [1.165, 1.54) is 14.2 Å². The summed E-state index contributed by atoms with van der Waals surface area (Å²) in [7, 11) is 3.00. The summed E-state index contributed by atoms with van der Waals surface area (Å²) in [5.74, 6) is 0.735. The lowest BCUT2D eigenvalue weighted by Gasteiger charge is -2.19. The minimum Gasteiger partial charge on any atom is -0.493 e. The maximum Gasteiger partial charge on any atom is 0.305 e. The third-order valence-corrected chi connectivity index (χ3v) is 3.89. The van der Waals surface area contributed by atoms with Gasteiger partial charge < -0.3 is 24.4 Å². The molecule has 0 saturated heterocycles. The van der Waals surface area contributed by atoms with Crippen LogP contribution in [0.15, 0.2) is 22.7 Å². The van der Waals surface area contributed by atoms with Crippen LogP contribution in [0.3, 0.4) is 0 Å². The van der Waals surface area contributed by atoms with Crippen molar-refractivity contribution in [2.45, 2.75) is 38.6 Å². The van der Waals surface area contributed by atoms with Crippen LogP contribution in [0.4, 0.5) is 0 Å². The molecule has 1 heterocycles. The monoisotopic (exact) mass is 377 g/mol. The van der Waals surface area contributed by atoms with Crippen LogP contribution in [0, 0.1) is 6.92 Å². The van der Waals surface area contributed by atoms with Gasteiger partial charge in [0, 0.05) is 12.8 Å². The van der Waals surface area contributed by atoms with E-state index in [1.54, 1.807) is 25.1 Å². The molecule has 0 aliphatic carbocycles. The van der Waals surface area contributed by atoms with Crippen LogP contribution in [0.1, 0.15) is 42.6 Å². The van der Waals surface area contributed by atoms with Crippen LogP contribution in [0.25, 0.3) is 0 Å². The fraction of sp³-hybridized carbons (Fsp3) is 0.444. The predicted molar refractivity (Wildman–Crippen MR) is 94.7 cm³/mol. The quantitative estimate of drug-likeness (QED) is 0.645. The van der Waals surface area contributed by atoms with Gasteiger partial charge in [0.1, 0.15) is 0 Å². The topological polar surface area (TPSA) is 124 Å². The van der Waals surface area contributed by atoms with E-state index < -0.39 is 12.0 Å². The molecule has 1 amide bonds. The summed E-state index contributed by atoms with van der Waals surface area (Å²) in [4.78, 5) is 27.5. The standard InChI is InChI=1S/C18H23N3O6/c1-11-19-17(27-21-11)6-4-5-16(22)20-13(10-18(23)24)12-7-8-14(25-2)15(9-12)26-3/h7-9,13H,4-6,10H2,1-3H3,(H,20,22)(H,23,24). The number of carboxylic acid groups (broad SMARTS) is 1. The summed E-state index contributed by atoms with van der Waals surface area (Å²) >= 11 is 0. The van der Waals surface area contributed by atoms with Gasteiger partial charge in [-0.2, -0.15) is 4.98 Å². The van der Waals surface area contributed by atoms with Crippen LogP contribution in [-0.2, 0) is 16.0 Å². The minimum absolute atomic E-state index is 0.213. The summed E-state index contributed by atoms with van der Waals surface area (Å²) in [5, 5.41) is 15.6. The van der Waals surface area contributed by atoms with Gasteiger partial charge in [0.2, 0.25) is 11.8 Å². The van der Waals surface area contributed by atoms with E-state index >= 15 is 0 Å². The number of nitrogens with one attached hydrogen (secondary N) is 1. The predicted octanol–water partition coefficient (Wildman–Crippen LogP) is 2.05. The first kappa shape index (κ1) is 20.2. The molecular formula is C18H23N3O6. The van der Waals surface area contributed by atoms with Crippen molar-refractivity contribution in [2.75, 3.05) is 14.2 Å². The van der Waals surface area contributed by atoms with Gasteiger partial charge >= 0.3 is 5.97 Å². The number of aliphatic carboxylic acids is 1. The maximum absolute atomic E-state index is 12.3. The summed E-state index contributed by atoms with van der Waals surface area (Å²) in [6, 6.07) is 4.36. The van der Waals surface area contributed by atoms with Crippen molar-refractivity contribution in [1.29, 1.82) is 0 Å². The summed E-state index contributed by atoms with van der Waals surface area (Å²) in [6.45, 7) is 1.72. The second kappa shape index (κ2) is 9.56. The smallest absolute Gasteiger partial charge is 0.305 e. The molecule has 0 aliphatic rings. The molecule has 9 nitrogen and oxygen atoms in total. The molecular weight excluding hydrogens is 354 g/mol. The van der Waals surface area contributed by atoms with Gasteiger partial charge in [-0.15, -0.1) is 0 Å². The highest BCUT2D eigenvalue weighted by molar-refractivity contribution is 5.77. The number of rotatable bonds is 10. The summed E-state index contributed by atoms with van der Waals surface area (Å²) in [5.41, 5.74) is 0.621. The lowest BCUT2D eigenvalue weighted by atomic mass is 10.0. The number of benzene rings is 1. The zero-order valence-corrected chi connectivity index (χ0v) is 15.5. The summed E-state index contributed by atoms with van der Waals surface area (Å²) < 4.78 is 15.4. The molecule has 2 rings (SSSR count). The average molecular weight is 377 g/mol. The van der Waals surface area contributed by atoms with Crippen LogP contribution in [-0.4, -0.2) is 41.3 Å². The number of methoxy groups -OCH3 is 2.